The summed E-state index contributed by atoms with van der Waals surface area (Å²) in [6, 6.07) is 0. The second-order valence-corrected chi connectivity index (χ2v) is 5.83. The molecule has 15 heavy (non-hydrogen) atoms. The van der Waals surface area contributed by atoms with Crippen molar-refractivity contribution in [1.82, 2.24) is 4.90 Å². The van der Waals surface area contributed by atoms with Crippen LogP contribution in [0.4, 0.5) is 4.79 Å². The van der Waals surface area contributed by atoms with Gasteiger partial charge < -0.3 is 15.4 Å². The molecule has 4 nitrogen and oxygen atoms in total. The first-order chi connectivity index (χ1) is 6.80. The Morgan fingerprint density at radius 2 is 2.20 bits per heavy atom. The second-order valence-electron chi connectivity index (χ2n) is 5.83. The first-order valence-electron chi connectivity index (χ1n) is 5.57. The Bertz CT molecular complexity index is 285. The maximum Gasteiger partial charge on any atom is 0.410 e. The quantitative estimate of drug-likeness (QED) is 0.659. The molecule has 1 saturated heterocycles. The van der Waals surface area contributed by atoms with Crippen LogP contribution in [0.3, 0.4) is 0 Å². The van der Waals surface area contributed by atoms with E-state index in [4.69, 9.17) is 10.5 Å². The van der Waals surface area contributed by atoms with Gasteiger partial charge in [-0.1, -0.05) is 0 Å². The van der Waals surface area contributed by atoms with Gasteiger partial charge in [0.2, 0.25) is 0 Å². The van der Waals surface area contributed by atoms with Gasteiger partial charge in [0.05, 0.1) is 0 Å². The zero-order valence-corrected chi connectivity index (χ0v) is 9.75. The normalized spacial score (nSPS) is 34.7. The Labute approximate surface area is 90.8 Å². The van der Waals surface area contributed by atoms with Crippen molar-refractivity contribution in [2.75, 3.05) is 13.1 Å². The summed E-state index contributed by atoms with van der Waals surface area (Å²) in [6.45, 7) is 7.08. The van der Waals surface area contributed by atoms with Crippen molar-refractivity contribution in [3.8, 4) is 0 Å². The summed E-state index contributed by atoms with van der Waals surface area (Å²) in [5.74, 6) is 0.491. The molecule has 0 aromatic heterocycles. The van der Waals surface area contributed by atoms with Crippen LogP contribution in [0.1, 0.15) is 33.6 Å². The monoisotopic (exact) mass is 212 g/mol. The predicted molar refractivity (Wildman–Crippen MR) is 57.4 cm³/mol. The molecule has 0 aromatic rings. The standard InChI is InChI=1S/C11H20N2O2/c1-10(2,3)15-9(14)13-6-8-4-5-11(8,12)7-13/h8H,4-7,12H2,1-3H3. The van der Waals surface area contributed by atoms with Gasteiger partial charge >= 0.3 is 6.09 Å². The summed E-state index contributed by atoms with van der Waals surface area (Å²) in [5.41, 5.74) is 5.62. The zero-order valence-electron chi connectivity index (χ0n) is 9.75. The average molecular weight is 212 g/mol. The van der Waals surface area contributed by atoms with Gasteiger partial charge in [-0.25, -0.2) is 4.79 Å². The van der Waals surface area contributed by atoms with E-state index in [1.165, 1.54) is 0 Å². The van der Waals surface area contributed by atoms with Crippen LogP contribution in [0, 0.1) is 5.92 Å². The fourth-order valence-electron chi connectivity index (χ4n) is 2.35. The maximum absolute atomic E-state index is 11.8. The first kappa shape index (κ1) is 10.7. The molecule has 4 heteroatoms. The highest BCUT2D eigenvalue weighted by molar-refractivity contribution is 5.69. The van der Waals surface area contributed by atoms with Crippen LogP contribution in [0.15, 0.2) is 0 Å². The molecule has 2 aliphatic rings. The van der Waals surface area contributed by atoms with Gasteiger partial charge in [0, 0.05) is 18.6 Å². The van der Waals surface area contributed by atoms with E-state index in [1.807, 2.05) is 20.8 Å². The van der Waals surface area contributed by atoms with Crippen molar-refractivity contribution in [3.63, 3.8) is 0 Å². The van der Waals surface area contributed by atoms with E-state index >= 15 is 0 Å². The van der Waals surface area contributed by atoms with Crippen molar-refractivity contribution in [3.05, 3.63) is 0 Å². The average Bonchev–Trinajstić information content (AvgIpc) is 2.26. The number of rotatable bonds is 0. The molecule has 0 radical (unpaired) electrons. The molecule has 1 saturated carbocycles. The van der Waals surface area contributed by atoms with E-state index in [1.54, 1.807) is 4.90 Å². The van der Waals surface area contributed by atoms with E-state index < -0.39 is 5.60 Å². The van der Waals surface area contributed by atoms with Gasteiger partial charge in [0.1, 0.15) is 5.60 Å². The molecule has 1 heterocycles. The third-order valence-electron chi connectivity index (χ3n) is 3.35. The van der Waals surface area contributed by atoms with Crippen LogP contribution in [0.5, 0.6) is 0 Å². The fourth-order valence-corrected chi connectivity index (χ4v) is 2.35. The third kappa shape index (κ3) is 1.95. The van der Waals surface area contributed by atoms with Gasteiger partial charge in [0.15, 0.2) is 0 Å². The van der Waals surface area contributed by atoms with Gasteiger partial charge in [-0.2, -0.15) is 0 Å². The largest absolute Gasteiger partial charge is 0.444 e. The number of amides is 1. The smallest absolute Gasteiger partial charge is 0.410 e. The topological polar surface area (TPSA) is 55.6 Å². The minimum Gasteiger partial charge on any atom is -0.444 e. The minimum absolute atomic E-state index is 0.114. The summed E-state index contributed by atoms with van der Waals surface area (Å²) >= 11 is 0. The number of nitrogens with zero attached hydrogens (tertiary/aromatic N) is 1. The predicted octanol–water partition coefficient (Wildman–Crippen LogP) is 1.34. The van der Waals surface area contributed by atoms with Crippen LogP contribution < -0.4 is 5.73 Å². The van der Waals surface area contributed by atoms with Gasteiger partial charge in [0.25, 0.3) is 0 Å². The maximum atomic E-state index is 11.8. The number of ether oxygens (including phenoxy) is 1. The van der Waals surface area contributed by atoms with Crippen LogP contribution >= 0.6 is 0 Å². The lowest BCUT2D eigenvalue weighted by Gasteiger charge is -2.39. The van der Waals surface area contributed by atoms with Crippen LogP contribution in [-0.2, 0) is 4.74 Å². The SMILES string of the molecule is CC(C)(C)OC(=O)N1CC2CCC2(N)C1. The van der Waals surface area contributed by atoms with Crippen LogP contribution in [0.25, 0.3) is 0 Å². The number of fused-ring (bicyclic) bond motifs is 1. The highest BCUT2D eigenvalue weighted by atomic mass is 16.6. The highest BCUT2D eigenvalue weighted by Crippen LogP contribution is 2.42. The van der Waals surface area contributed by atoms with Crippen molar-refractivity contribution in [2.45, 2.75) is 44.8 Å². The molecule has 86 valence electrons. The lowest BCUT2D eigenvalue weighted by Crippen LogP contribution is -2.54. The highest BCUT2D eigenvalue weighted by Gasteiger charge is 2.51. The van der Waals surface area contributed by atoms with Crippen molar-refractivity contribution in [1.29, 1.82) is 0 Å². The molecule has 1 amide bonds. The van der Waals surface area contributed by atoms with E-state index in [2.05, 4.69) is 0 Å². The number of nitrogens with two attached hydrogens (primary N) is 1. The minimum atomic E-state index is -0.416. The van der Waals surface area contributed by atoms with E-state index in [-0.39, 0.29) is 11.6 Å². The third-order valence-corrected chi connectivity index (χ3v) is 3.35. The van der Waals surface area contributed by atoms with E-state index in [0.29, 0.717) is 12.5 Å². The summed E-state index contributed by atoms with van der Waals surface area (Å²) in [4.78, 5) is 13.5. The Morgan fingerprint density at radius 3 is 2.53 bits per heavy atom. The van der Waals surface area contributed by atoms with Gasteiger partial charge in [-0.05, 0) is 39.5 Å². The molecule has 0 aromatic carbocycles. The molecule has 2 atom stereocenters. The first-order valence-corrected chi connectivity index (χ1v) is 5.57. The summed E-state index contributed by atoms with van der Waals surface area (Å²) in [7, 11) is 0. The summed E-state index contributed by atoms with van der Waals surface area (Å²) in [6.07, 6.45) is 1.97. The Hall–Kier alpha value is -0.770. The molecule has 2 N–H and O–H groups in total. The molecule has 0 spiro atoms. The zero-order chi connectivity index (χ0) is 11.3. The second kappa shape index (κ2) is 3.11. The van der Waals surface area contributed by atoms with E-state index in [0.717, 1.165) is 19.4 Å². The van der Waals surface area contributed by atoms with Crippen molar-refractivity contribution >= 4 is 6.09 Å². The molecule has 2 rings (SSSR count). The lowest BCUT2D eigenvalue weighted by atomic mass is 9.70. The Kier molecular flexibility index (Phi) is 2.23. The molecule has 2 fully saturated rings. The molecule has 2 unspecified atom stereocenters. The molecular formula is C11H20N2O2. The Morgan fingerprint density at radius 1 is 1.53 bits per heavy atom. The molecule has 1 aliphatic heterocycles. The Balaban J connectivity index is 1.94. The molecular weight excluding hydrogens is 192 g/mol. The summed E-state index contributed by atoms with van der Waals surface area (Å²) in [5, 5.41) is 0. The molecule has 1 aliphatic carbocycles. The van der Waals surface area contributed by atoms with Gasteiger partial charge in [-0.15, -0.1) is 0 Å². The lowest BCUT2D eigenvalue weighted by molar-refractivity contribution is 0.0285. The number of hydrogen-bond donors (Lipinski definition) is 1. The fraction of sp³-hybridized carbons (Fsp3) is 0.909. The van der Waals surface area contributed by atoms with Gasteiger partial charge in [-0.3, -0.25) is 0 Å². The van der Waals surface area contributed by atoms with Crippen molar-refractivity contribution in [2.24, 2.45) is 11.7 Å². The summed E-state index contributed by atoms with van der Waals surface area (Å²) < 4.78 is 5.32. The van der Waals surface area contributed by atoms with E-state index in [9.17, 15) is 4.79 Å². The number of hydrogen-bond acceptors (Lipinski definition) is 3. The number of likely N-dealkylation sites (tertiary alicyclic amines) is 1. The number of carbonyl (C=O) groups is 1. The molecule has 0 bridgehead atoms. The van der Waals surface area contributed by atoms with Crippen molar-refractivity contribution < 1.29 is 9.53 Å². The van der Waals surface area contributed by atoms with Crippen LogP contribution in [-0.4, -0.2) is 35.2 Å². The number of carbonyl (C=O) groups excluding carboxylic acids is 1. The van der Waals surface area contributed by atoms with Crippen LogP contribution in [0.2, 0.25) is 0 Å².